The molecule has 0 aliphatic heterocycles. The average molecular weight is 231 g/mol. The fraction of sp³-hybridized carbons (Fsp3) is 0.250. The Morgan fingerprint density at radius 1 is 1.47 bits per heavy atom. The third kappa shape index (κ3) is 4.80. The minimum Gasteiger partial charge on any atom is -0.364 e. The smallest absolute Gasteiger partial charge is 0.267 e. The molecule has 0 saturated heterocycles. The summed E-state index contributed by atoms with van der Waals surface area (Å²) in [6.45, 7) is 1.95. The SMILES string of the molecule is CC(=O)NCCC#Cc1cccc(C(N)=O)n1. The fourth-order valence-electron chi connectivity index (χ4n) is 1.10. The van der Waals surface area contributed by atoms with Gasteiger partial charge in [-0.15, -0.1) is 0 Å². The van der Waals surface area contributed by atoms with Crippen molar-refractivity contribution in [3.05, 3.63) is 29.6 Å². The lowest BCUT2D eigenvalue weighted by molar-refractivity contribution is -0.118. The summed E-state index contributed by atoms with van der Waals surface area (Å²) in [5.41, 5.74) is 5.78. The lowest BCUT2D eigenvalue weighted by atomic mass is 10.3. The predicted octanol–water partition coefficient (Wildman–Crippen LogP) is 0.0582. The third-order valence-electron chi connectivity index (χ3n) is 1.84. The molecule has 88 valence electrons. The molecule has 1 heterocycles. The van der Waals surface area contributed by atoms with E-state index >= 15 is 0 Å². The molecule has 0 bridgehead atoms. The molecule has 2 amide bonds. The van der Waals surface area contributed by atoms with Crippen molar-refractivity contribution < 1.29 is 9.59 Å². The van der Waals surface area contributed by atoms with Crippen LogP contribution in [0.4, 0.5) is 0 Å². The summed E-state index contributed by atoms with van der Waals surface area (Å²) < 4.78 is 0. The normalized spacial score (nSPS) is 9.00. The lowest BCUT2D eigenvalue weighted by Crippen LogP contribution is -2.20. The van der Waals surface area contributed by atoms with Crippen molar-refractivity contribution in [2.45, 2.75) is 13.3 Å². The number of nitrogens with zero attached hydrogens (tertiary/aromatic N) is 1. The number of aromatic nitrogens is 1. The molecule has 0 radical (unpaired) electrons. The fourth-order valence-corrected chi connectivity index (χ4v) is 1.10. The zero-order chi connectivity index (χ0) is 12.7. The number of carbonyl (C=O) groups excluding carboxylic acids is 2. The summed E-state index contributed by atoms with van der Waals surface area (Å²) in [5, 5.41) is 2.63. The summed E-state index contributed by atoms with van der Waals surface area (Å²) in [5.74, 6) is 4.98. The van der Waals surface area contributed by atoms with Crippen molar-refractivity contribution in [2.24, 2.45) is 5.73 Å². The Hall–Kier alpha value is -2.35. The van der Waals surface area contributed by atoms with E-state index in [9.17, 15) is 9.59 Å². The number of nitrogens with two attached hydrogens (primary N) is 1. The number of primary amides is 1. The monoisotopic (exact) mass is 231 g/mol. The number of amides is 2. The molecule has 0 aromatic carbocycles. The first kappa shape index (κ1) is 12.7. The van der Waals surface area contributed by atoms with E-state index in [-0.39, 0.29) is 11.6 Å². The maximum atomic E-state index is 10.9. The number of nitrogens with one attached hydrogen (secondary N) is 1. The van der Waals surface area contributed by atoms with Gasteiger partial charge in [0.05, 0.1) is 0 Å². The Morgan fingerprint density at radius 3 is 2.88 bits per heavy atom. The molecule has 0 unspecified atom stereocenters. The first-order valence-electron chi connectivity index (χ1n) is 5.10. The van der Waals surface area contributed by atoms with Gasteiger partial charge in [0, 0.05) is 19.9 Å². The van der Waals surface area contributed by atoms with Gasteiger partial charge in [-0.05, 0) is 18.1 Å². The van der Waals surface area contributed by atoms with Crippen LogP contribution in [0.1, 0.15) is 29.5 Å². The number of hydrogen-bond donors (Lipinski definition) is 2. The van der Waals surface area contributed by atoms with Gasteiger partial charge in [0.25, 0.3) is 5.91 Å². The van der Waals surface area contributed by atoms with Crippen LogP contribution in [0.15, 0.2) is 18.2 Å². The van der Waals surface area contributed by atoms with Crippen LogP contribution < -0.4 is 11.1 Å². The standard InChI is InChI=1S/C12H13N3O2/c1-9(16)14-8-3-2-5-10-6-4-7-11(15-10)12(13)17/h4,6-7H,3,8H2,1H3,(H2,13,17)(H,14,16). The van der Waals surface area contributed by atoms with Crippen LogP contribution in [0.25, 0.3) is 0 Å². The Kier molecular flexibility index (Phi) is 4.70. The molecule has 0 atom stereocenters. The van der Waals surface area contributed by atoms with E-state index < -0.39 is 5.91 Å². The number of hydrogen-bond acceptors (Lipinski definition) is 3. The quantitative estimate of drug-likeness (QED) is 0.569. The van der Waals surface area contributed by atoms with Gasteiger partial charge in [0.15, 0.2) is 0 Å². The molecule has 5 nitrogen and oxygen atoms in total. The molecule has 0 fully saturated rings. The van der Waals surface area contributed by atoms with E-state index in [1.807, 2.05) is 0 Å². The van der Waals surface area contributed by atoms with Crippen molar-refractivity contribution in [3.63, 3.8) is 0 Å². The molecule has 5 heteroatoms. The highest BCUT2D eigenvalue weighted by molar-refractivity contribution is 5.90. The Balaban J connectivity index is 2.56. The first-order chi connectivity index (χ1) is 8.09. The molecule has 17 heavy (non-hydrogen) atoms. The molecule has 3 N–H and O–H groups in total. The van der Waals surface area contributed by atoms with Crippen molar-refractivity contribution in [3.8, 4) is 11.8 Å². The second-order valence-electron chi connectivity index (χ2n) is 3.31. The van der Waals surface area contributed by atoms with Crippen LogP contribution in [-0.2, 0) is 4.79 Å². The molecule has 0 spiro atoms. The molecular weight excluding hydrogens is 218 g/mol. The highest BCUT2D eigenvalue weighted by atomic mass is 16.1. The number of rotatable bonds is 3. The maximum absolute atomic E-state index is 10.9. The zero-order valence-corrected chi connectivity index (χ0v) is 9.49. The van der Waals surface area contributed by atoms with E-state index in [0.717, 1.165) is 0 Å². The van der Waals surface area contributed by atoms with Gasteiger partial charge in [-0.3, -0.25) is 9.59 Å². The minimum absolute atomic E-state index is 0.0827. The molecule has 0 aliphatic carbocycles. The molecular formula is C12H13N3O2. The largest absolute Gasteiger partial charge is 0.364 e. The summed E-state index contributed by atoms with van der Waals surface area (Å²) in [7, 11) is 0. The first-order valence-corrected chi connectivity index (χ1v) is 5.10. The van der Waals surface area contributed by atoms with Gasteiger partial charge in [0.1, 0.15) is 11.4 Å². The molecule has 0 saturated carbocycles. The van der Waals surface area contributed by atoms with Crippen LogP contribution in [0, 0.1) is 11.8 Å². The van der Waals surface area contributed by atoms with Gasteiger partial charge in [-0.25, -0.2) is 4.98 Å². The average Bonchev–Trinajstić information content (AvgIpc) is 2.28. The molecule has 1 aromatic heterocycles. The highest BCUT2D eigenvalue weighted by Crippen LogP contribution is 1.97. The summed E-state index contributed by atoms with van der Waals surface area (Å²) in [4.78, 5) is 25.4. The van der Waals surface area contributed by atoms with E-state index in [0.29, 0.717) is 18.7 Å². The Labute approximate surface area is 99.4 Å². The summed E-state index contributed by atoms with van der Waals surface area (Å²) >= 11 is 0. The Bertz CT molecular complexity index is 486. The maximum Gasteiger partial charge on any atom is 0.267 e. The van der Waals surface area contributed by atoms with Crippen LogP contribution in [0.5, 0.6) is 0 Å². The van der Waals surface area contributed by atoms with Gasteiger partial charge in [-0.2, -0.15) is 0 Å². The van der Waals surface area contributed by atoms with Gasteiger partial charge < -0.3 is 11.1 Å². The Morgan fingerprint density at radius 2 is 2.24 bits per heavy atom. The predicted molar refractivity (Wildman–Crippen MR) is 62.9 cm³/mol. The molecule has 0 aliphatic rings. The topological polar surface area (TPSA) is 85.1 Å². The molecule has 1 aromatic rings. The lowest BCUT2D eigenvalue weighted by Gasteiger charge is -1.95. The molecule has 1 rings (SSSR count). The van der Waals surface area contributed by atoms with E-state index in [1.54, 1.807) is 12.1 Å². The van der Waals surface area contributed by atoms with Gasteiger partial charge >= 0.3 is 0 Å². The van der Waals surface area contributed by atoms with E-state index in [2.05, 4.69) is 22.1 Å². The summed E-state index contributed by atoms with van der Waals surface area (Å²) in [6.07, 6.45) is 0.530. The third-order valence-corrected chi connectivity index (χ3v) is 1.84. The van der Waals surface area contributed by atoms with Crippen molar-refractivity contribution in [1.82, 2.24) is 10.3 Å². The summed E-state index contributed by atoms with van der Waals surface area (Å²) in [6, 6.07) is 4.90. The van der Waals surface area contributed by atoms with Crippen molar-refractivity contribution in [2.75, 3.05) is 6.54 Å². The van der Waals surface area contributed by atoms with Crippen LogP contribution in [0.3, 0.4) is 0 Å². The van der Waals surface area contributed by atoms with Crippen LogP contribution in [-0.4, -0.2) is 23.3 Å². The number of pyridine rings is 1. The van der Waals surface area contributed by atoms with Crippen molar-refractivity contribution in [1.29, 1.82) is 0 Å². The minimum atomic E-state index is -0.577. The van der Waals surface area contributed by atoms with Gasteiger partial charge in [0.2, 0.25) is 5.91 Å². The van der Waals surface area contributed by atoms with E-state index in [4.69, 9.17) is 5.73 Å². The highest BCUT2D eigenvalue weighted by Gasteiger charge is 2.00. The van der Waals surface area contributed by atoms with Crippen molar-refractivity contribution >= 4 is 11.8 Å². The second-order valence-corrected chi connectivity index (χ2v) is 3.31. The second kappa shape index (κ2) is 6.28. The van der Waals surface area contributed by atoms with E-state index in [1.165, 1.54) is 13.0 Å². The zero-order valence-electron chi connectivity index (χ0n) is 9.49. The number of carbonyl (C=O) groups is 2. The van der Waals surface area contributed by atoms with Gasteiger partial charge in [-0.1, -0.05) is 12.0 Å². The van der Waals surface area contributed by atoms with Crippen LogP contribution in [0.2, 0.25) is 0 Å². The van der Waals surface area contributed by atoms with Crippen LogP contribution >= 0.6 is 0 Å².